The maximum Gasteiger partial charge on any atom is 0.0651 e. The quantitative estimate of drug-likeness (QED) is 0.170. The molecule has 9 aromatic carbocycles. The molecule has 0 amide bonds. The van der Waals surface area contributed by atoms with Crippen molar-refractivity contribution in [3.63, 3.8) is 0 Å². The lowest BCUT2D eigenvalue weighted by Gasteiger charge is -2.30. The molecule has 0 radical (unpaired) electrons. The van der Waals surface area contributed by atoms with E-state index in [0.717, 1.165) is 9.80 Å². The summed E-state index contributed by atoms with van der Waals surface area (Å²) in [6, 6.07) is -4.86. The number of nitrogens with zero attached hydrogens (tertiary/aromatic N) is 2. The lowest BCUT2D eigenvalue weighted by atomic mass is 9.81. The van der Waals surface area contributed by atoms with Crippen molar-refractivity contribution >= 4 is 66.4 Å². The van der Waals surface area contributed by atoms with Crippen LogP contribution in [0.5, 0.6) is 0 Å². The van der Waals surface area contributed by atoms with Crippen LogP contribution in [0.1, 0.15) is 57.9 Å². The molecule has 2 heteroatoms. The van der Waals surface area contributed by atoms with E-state index in [1.54, 1.807) is 56.3 Å². The van der Waals surface area contributed by atoms with Crippen LogP contribution in [-0.2, 0) is 5.41 Å². The highest BCUT2D eigenvalue weighted by Crippen LogP contribution is 2.55. The van der Waals surface area contributed by atoms with Crippen LogP contribution in [-0.4, -0.2) is 0 Å². The zero-order valence-corrected chi connectivity index (χ0v) is 28.0. The van der Waals surface area contributed by atoms with Gasteiger partial charge in [0.25, 0.3) is 0 Å². The number of rotatable bonds is 6. The Morgan fingerprint density at radius 2 is 0.962 bits per heavy atom. The second-order valence-electron chi connectivity index (χ2n) is 12.8. The molecule has 10 rings (SSSR count). The Kier molecular flexibility index (Phi) is 3.50. The predicted molar refractivity (Wildman–Crippen MR) is 226 cm³/mol. The van der Waals surface area contributed by atoms with Gasteiger partial charge in [0, 0.05) is 39.2 Å². The molecule has 0 N–H and O–H groups in total. The molecule has 0 saturated carbocycles. The third-order valence-corrected chi connectivity index (χ3v) is 9.48. The summed E-state index contributed by atoms with van der Waals surface area (Å²) in [5.41, 5.74) is -1.33. The summed E-state index contributed by atoms with van der Waals surface area (Å²) >= 11 is 0. The Morgan fingerprint density at radius 3 is 1.58 bits per heavy atom. The number of anilines is 6. The average Bonchev–Trinajstić information content (AvgIpc) is 3.65. The zero-order chi connectivity index (χ0) is 56.4. The molecule has 0 unspecified atom stereocenters. The minimum Gasteiger partial charge on any atom is -0.310 e. The molecule has 252 valence electrons. The van der Waals surface area contributed by atoms with E-state index < -0.39 is 195 Å². The van der Waals surface area contributed by atoms with Crippen molar-refractivity contribution in [3.05, 3.63) is 205 Å². The Bertz CT molecular complexity index is 4150. The number of hydrogen-bond acceptors (Lipinski definition) is 2. The zero-order valence-electron chi connectivity index (χ0n) is 52.0. The standard InChI is InChI=1S/C51H38N2/c1-51(2)47-33-43(52(39-19-5-3-6-20-39)41-27-25-35-15-9-11-17-37(35)31-41)29-30-46(47)50-45-24-14-13-23-44(45)49(34-48(50)51)53(40-21-7-4-8-22-40)42-28-26-36-16-10-12-18-38(36)32-42/h3-34H,1-2H3/i3D,4D,5D,6D,7D,8D,9D,10D,11D,12D,15D,16D,17D,18D,19D,20D,21D,22D,25D,26D,27D,28D,31D,32D. The van der Waals surface area contributed by atoms with Gasteiger partial charge in [0.1, 0.15) is 0 Å². The number of hydrogen-bond donors (Lipinski definition) is 0. The van der Waals surface area contributed by atoms with E-state index in [-0.39, 0.29) is 11.4 Å². The molecule has 2 nitrogen and oxygen atoms in total. The molecule has 0 bridgehead atoms. The van der Waals surface area contributed by atoms with Crippen LogP contribution in [0, 0.1) is 0 Å². The number of para-hydroxylation sites is 2. The van der Waals surface area contributed by atoms with E-state index in [0.29, 0.717) is 33.0 Å². The largest absolute Gasteiger partial charge is 0.310 e. The first kappa shape index (κ1) is 15.1. The normalized spacial score (nSPS) is 19.2. The first-order valence-corrected chi connectivity index (χ1v) is 16.5. The fourth-order valence-electron chi connectivity index (χ4n) is 7.08. The minimum atomic E-state index is -1.20. The second-order valence-corrected chi connectivity index (χ2v) is 12.8. The molecule has 53 heavy (non-hydrogen) atoms. The molecule has 0 aliphatic heterocycles. The smallest absolute Gasteiger partial charge is 0.0651 e. The minimum absolute atomic E-state index is 0.0164. The van der Waals surface area contributed by atoms with Gasteiger partial charge in [-0.3, -0.25) is 0 Å². The van der Waals surface area contributed by atoms with Crippen molar-refractivity contribution in [2.75, 3.05) is 9.80 Å². The molecule has 0 atom stereocenters. The highest BCUT2D eigenvalue weighted by molar-refractivity contribution is 6.10. The fourth-order valence-corrected chi connectivity index (χ4v) is 7.08. The summed E-state index contributed by atoms with van der Waals surface area (Å²) in [4.78, 5) is 2.11. The first-order chi connectivity index (χ1) is 36.0. The van der Waals surface area contributed by atoms with Crippen molar-refractivity contribution in [3.8, 4) is 11.1 Å². The van der Waals surface area contributed by atoms with Crippen LogP contribution >= 0.6 is 0 Å². The van der Waals surface area contributed by atoms with Crippen molar-refractivity contribution in [2.24, 2.45) is 0 Å². The van der Waals surface area contributed by atoms with Gasteiger partial charge in [-0.25, -0.2) is 0 Å². The number of fused-ring (bicyclic) bond motifs is 7. The molecular formula is C51H38N2. The number of benzene rings is 9. The molecular weight excluding hydrogens is 641 g/mol. The van der Waals surface area contributed by atoms with Gasteiger partial charge in [-0.05, 0) is 116 Å². The van der Waals surface area contributed by atoms with Crippen molar-refractivity contribution in [2.45, 2.75) is 19.3 Å². The summed E-state index contributed by atoms with van der Waals surface area (Å²) in [7, 11) is 0. The second kappa shape index (κ2) is 12.3. The van der Waals surface area contributed by atoms with Gasteiger partial charge in [-0.1, -0.05) is 141 Å². The molecule has 0 saturated heterocycles. The van der Waals surface area contributed by atoms with Gasteiger partial charge in [0.05, 0.1) is 38.6 Å². The van der Waals surface area contributed by atoms with E-state index in [1.807, 2.05) is 0 Å². The highest BCUT2D eigenvalue weighted by Gasteiger charge is 2.38. The molecule has 0 aromatic heterocycles. The lowest BCUT2D eigenvalue weighted by molar-refractivity contribution is 0.661. The maximum absolute atomic E-state index is 9.66. The van der Waals surface area contributed by atoms with Crippen LogP contribution in [0.3, 0.4) is 0 Å². The van der Waals surface area contributed by atoms with Gasteiger partial charge >= 0.3 is 0 Å². The van der Waals surface area contributed by atoms with E-state index in [4.69, 9.17) is 23.3 Å². The van der Waals surface area contributed by atoms with Crippen LogP contribution in [0.2, 0.25) is 0 Å². The van der Waals surface area contributed by atoms with Crippen LogP contribution in [0.15, 0.2) is 194 Å². The van der Waals surface area contributed by atoms with E-state index in [1.165, 1.54) is 6.07 Å². The Morgan fingerprint density at radius 1 is 0.434 bits per heavy atom. The molecule has 0 fully saturated rings. The molecule has 1 aliphatic rings. The van der Waals surface area contributed by atoms with Crippen LogP contribution in [0.25, 0.3) is 43.4 Å². The summed E-state index contributed by atoms with van der Waals surface area (Å²) in [6.45, 7) is 3.59. The van der Waals surface area contributed by atoms with Gasteiger partial charge in [0.15, 0.2) is 0 Å². The summed E-state index contributed by atoms with van der Waals surface area (Å²) in [5, 5.41) is -1.03. The van der Waals surface area contributed by atoms with Crippen LogP contribution in [0.4, 0.5) is 34.1 Å². The summed E-state index contributed by atoms with van der Waals surface area (Å²) in [6.07, 6.45) is 0. The highest BCUT2D eigenvalue weighted by atomic mass is 15.1. The van der Waals surface area contributed by atoms with Crippen LogP contribution < -0.4 is 9.80 Å². The average molecular weight is 703 g/mol. The molecule has 9 aromatic rings. The van der Waals surface area contributed by atoms with E-state index >= 15 is 0 Å². The fraction of sp³-hybridized carbons (Fsp3) is 0.0588. The third kappa shape index (κ3) is 5.10. The summed E-state index contributed by atoms with van der Waals surface area (Å²) in [5.74, 6) is 0. The van der Waals surface area contributed by atoms with Gasteiger partial charge < -0.3 is 9.80 Å². The topological polar surface area (TPSA) is 6.48 Å². The Balaban J connectivity index is 1.31. The summed E-state index contributed by atoms with van der Waals surface area (Å²) < 4.78 is 213. The Labute approximate surface area is 344 Å². The SMILES string of the molecule is [2H]c1c([2H])c([2H])c(N(c2ccc3c(c2)C(C)(C)c2cc(N(c4c([2H])c([2H])c([2H])c([2H])c4[2H])c4c([2H])c([2H])c5c([2H])c([2H])c([2H])c([2H])c5c4[2H])c4ccccc4c2-3)c2c([2H])c([2H])c3c([2H])c([2H])c([2H])c([2H])c3c2[2H])c([2H])c1[2H]. The first-order valence-electron chi connectivity index (χ1n) is 28.5. The van der Waals surface area contributed by atoms with E-state index in [2.05, 4.69) is 0 Å². The lowest BCUT2D eigenvalue weighted by Crippen LogP contribution is -2.18. The predicted octanol–water partition coefficient (Wildman–Crippen LogP) is 14.4. The molecule has 0 heterocycles. The van der Waals surface area contributed by atoms with Crippen molar-refractivity contribution < 1.29 is 32.9 Å². The van der Waals surface area contributed by atoms with Crippen molar-refractivity contribution in [1.29, 1.82) is 0 Å². The van der Waals surface area contributed by atoms with Gasteiger partial charge in [-0.15, -0.1) is 0 Å². The van der Waals surface area contributed by atoms with Crippen molar-refractivity contribution in [1.82, 2.24) is 0 Å². The Hall–Kier alpha value is -6.64. The molecule has 1 aliphatic carbocycles. The van der Waals surface area contributed by atoms with Gasteiger partial charge in [-0.2, -0.15) is 0 Å². The maximum atomic E-state index is 9.66. The third-order valence-electron chi connectivity index (χ3n) is 9.48. The monoisotopic (exact) mass is 702 g/mol. The van der Waals surface area contributed by atoms with Gasteiger partial charge in [0.2, 0.25) is 0 Å². The molecule has 0 spiro atoms. The van der Waals surface area contributed by atoms with E-state index in [9.17, 15) is 9.60 Å².